The van der Waals surface area contributed by atoms with Crippen molar-refractivity contribution in [3.63, 3.8) is 0 Å². The molecule has 0 saturated carbocycles. The Kier molecular flexibility index (Phi) is 6.10. The van der Waals surface area contributed by atoms with Crippen LogP contribution in [0, 0.1) is 5.92 Å². The fourth-order valence-corrected chi connectivity index (χ4v) is 3.31. The highest BCUT2D eigenvalue weighted by molar-refractivity contribution is 5.79. The van der Waals surface area contributed by atoms with Gasteiger partial charge in [0.05, 0.1) is 12.6 Å². The summed E-state index contributed by atoms with van der Waals surface area (Å²) in [5.41, 5.74) is 6.29. The minimum Gasteiger partial charge on any atom is -0.369 e. The molecule has 1 aliphatic heterocycles. The fourth-order valence-electron chi connectivity index (χ4n) is 3.31. The first-order chi connectivity index (χ1) is 11.0. The number of nitrogens with zero attached hydrogens (tertiary/aromatic N) is 3. The Hall–Kier alpha value is -1.95. The molecule has 1 aliphatic rings. The van der Waals surface area contributed by atoms with E-state index >= 15 is 0 Å². The Bertz CT molecular complexity index is 527. The zero-order chi connectivity index (χ0) is 16.8. The van der Waals surface area contributed by atoms with E-state index in [2.05, 4.69) is 11.9 Å². The summed E-state index contributed by atoms with van der Waals surface area (Å²) in [6.45, 7) is 3.86. The first-order valence-corrected chi connectivity index (χ1v) is 8.20. The number of aromatic nitrogens is 1. The molecule has 0 bridgehead atoms. The van der Waals surface area contributed by atoms with Crippen molar-refractivity contribution in [1.82, 2.24) is 14.8 Å². The summed E-state index contributed by atoms with van der Waals surface area (Å²) < 4.78 is 0. The highest BCUT2D eigenvalue weighted by Crippen LogP contribution is 2.27. The van der Waals surface area contributed by atoms with Gasteiger partial charge in [0.2, 0.25) is 11.8 Å². The van der Waals surface area contributed by atoms with E-state index in [1.165, 1.54) is 0 Å². The first kappa shape index (κ1) is 17.4. The zero-order valence-electron chi connectivity index (χ0n) is 13.9. The molecule has 6 heteroatoms. The average molecular weight is 318 g/mol. The molecule has 1 aromatic rings. The van der Waals surface area contributed by atoms with Crippen molar-refractivity contribution in [2.45, 2.75) is 32.2 Å². The number of pyridine rings is 1. The summed E-state index contributed by atoms with van der Waals surface area (Å²) in [5.74, 6) is -0.108. The number of carbonyl (C=O) groups excluding carboxylic acids is 2. The van der Waals surface area contributed by atoms with Crippen LogP contribution in [0.5, 0.6) is 0 Å². The molecule has 0 spiro atoms. The Morgan fingerprint density at radius 1 is 1.43 bits per heavy atom. The summed E-state index contributed by atoms with van der Waals surface area (Å²) in [7, 11) is 1.87. The lowest BCUT2D eigenvalue weighted by Crippen LogP contribution is -2.44. The SMILES string of the molecule is CCC(c1cccnc1)N(C)C(=O)C1CCN(CC(N)=O)CC1. The normalized spacial score (nSPS) is 17.7. The number of nitrogens with two attached hydrogens (primary N) is 1. The van der Waals surface area contributed by atoms with Crippen LogP contribution in [0.3, 0.4) is 0 Å². The van der Waals surface area contributed by atoms with Crippen molar-refractivity contribution in [1.29, 1.82) is 0 Å². The van der Waals surface area contributed by atoms with Crippen LogP contribution in [-0.2, 0) is 9.59 Å². The molecule has 23 heavy (non-hydrogen) atoms. The predicted molar refractivity (Wildman–Crippen MR) is 88.4 cm³/mol. The van der Waals surface area contributed by atoms with E-state index in [9.17, 15) is 9.59 Å². The van der Waals surface area contributed by atoms with Gasteiger partial charge in [-0.15, -0.1) is 0 Å². The Morgan fingerprint density at radius 2 is 2.13 bits per heavy atom. The molecule has 1 atom stereocenters. The van der Waals surface area contributed by atoms with Crippen molar-refractivity contribution in [2.24, 2.45) is 11.7 Å². The quantitative estimate of drug-likeness (QED) is 0.854. The maximum absolute atomic E-state index is 12.8. The van der Waals surface area contributed by atoms with Gasteiger partial charge in [0, 0.05) is 25.4 Å². The largest absolute Gasteiger partial charge is 0.369 e. The Balaban J connectivity index is 1.96. The third kappa shape index (κ3) is 4.51. The summed E-state index contributed by atoms with van der Waals surface area (Å²) in [6.07, 6.45) is 5.98. The van der Waals surface area contributed by atoms with Gasteiger partial charge in [-0.1, -0.05) is 13.0 Å². The number of primary amides is 1. The van der Waals surface area contributed by atoms with Gasteiger partial charge in [-0.2, -0.15) is 0 Å². The highest BCUT2D eigenvalue weighted by Gasteiger charge is 2.30. The van der Waals surface area contributed by atoms with Gasteiger partial charge in [0.1, 0.15) is 0 Å². The third-order valence-corrected chi connectivity index (χ3v) is 4.59. The second kappa shape index (κ2) is 8.06. The minimum atomic E-state index is -0.311. The molecule has 0 radical (unpaired) electrons. The molecule has 0 aromatic carbocycles. The lowest BCUT2D eigenvalue weighted by Gasteiger charge is -2.35. The smallest absolute Gasteiger partial charge is 0.231 e. The molecule has 1 unspecified atom stereocenters. The van der Waals surface area contributed by atoms with E-state index in [4.69, 9.17) is 5.73 Å². The molecule has 1 aromatic heterocycles. The van der Waals surface area contributed by atoms with Crippen LogP contribution in [0.4, 0.5) is 0 Å². The van der Waals surface area contributed by atoms with E-state index in [-0.39, 0.29) is 30.3 Å². The minimum absolute atomic E-state index is 0.0230. The van der Waals surface area contributed by atoms with Gasteiger partial charge >= 0.3 is 0 Å². The standard InChI is InChI=1S/C17H26N4O2/c1-3-15(14-5-4-8-19-11-14)20(2)17(23)13-6-9-21(10-7-13)12-16(18)22/h4-5,8,11,13,15H,3,6-7,9-10,12H2,1-2H3,(H2,18,22). The number of piperidine rings is 1. The number of hydrogen-bond acceptors (Lipinski definition) is 4. The van der Waals surface area contributed by atoms with Crippen molar-refractivity contribution in [3.05, 3.63) is 30.1 Å². The van der Waals surface area contributed by atoms with Gasteiger partial charge in [-0.05, 0) is 44.0 Å². The lowest BCUT2D eigenvalue weighted by atomic mass is 9.94. The van der Waals surface area contributed by atoms with Crippen LogP contribution >= 0.6 is 0 Å². The summed E-state index contributed by atoms with van der Waals surface area (Å²) in [4.78, 5) is 31.8. The lowest BCUT2D eigenvalue weighted by molar-refractivity contribution is -0.138. The maximum atomic E-state index is 12.8. The summed E-state index contributed by atoms with van der Waals surface area (Å²) in [6, 6.07) is 3.97. The van der Waals surface area contributed by atoms with E-state index in [0.29, 0.717) is 0 Å². The van der Waals surface area contributed by atoms with E-state index in [1.807, 2.05) is 35.2 Å². The van der Waals surface area contributed by atoms with Crippen LogP contribution in [0.2, 0.25) is 0 Å². The third-order valence-electron chi connectivity index (χ3n) is 4.59. The molecule has 6 nitrogen and oxygen atoms in total. The van der Waals surface area contributed by atoms with Crippen LogP contribution < -0.4 is 5.73 Å². The monoisotopic (exact) mass is 318 g/mol. The molecule has 2 heterocycles. The van der Waals surface area contributed by atoms with Gasteiger partial charge in [0.15, 0.2) is 0 Å². The van der Waals surface area contributed by atoms with Crippen LogP contribution in [0.15, 0.2) is 24.5 Å². The van der Waals surface area contributed by atoms with Crippen LogP contribution in [-0.4, -0.2) is 53.3 Å². The molecule has 2 amide bonds. The summed E-state index contributed by atoms with van der Waals surface area (Å²) >= 11 is 0. The van der Waals surface area contributed by atoms with Gasteiger partial charge in [0.25, 0.3) is 0 Å². The second-order valence-corrected chi connectivity index (χ2v) is 6.18. The van der Waals surface area contributed by atoms with E-state index in [1.54, 1.807) is 6.20 Å². The number of carbonyl (C=O) groups is 2. The first-order valence-electron chi connectivity index (χ1n) is 8.20. The van der Waals surface area contributed by atoms with Crippen LogP contribution in [0.25, 0.3) is 0 Å². The highest BCUT2D eigenvalue weighted by atomic mass is 16.2. The molecule has 0 aliphatic carbocycles. The molecular weight excluding hydrogens is 292 g/mol. The van der Waals surface area contributed by atoms with Crippen molar-refractivity contribution in [3.8, 4) is 0 Å². The molecular formula is C17H26N4O2. The van der Waals surface area contributed by atoms with Crippen molar-refractivity contribution >= 4 is 11.8 Å². The van der Waals surface area contributed by atoms with Gasteiger partial charge in [-0.3, -0.25) is 19.5 Å². The number of rotatable bonds is 6. The van der Waals surface area contributed by atoms with Crippen molar-refractivity contribution in [2.75, 3.05) is 26.7 Å². The van der Waals surface area contributed by atoms with E-state index in [0.717, 1.165) is 37.9 Å². The summed E-state index contributed by atoms with van der Waals surface area (Å²) in [5, 5.41) is 0. The fraction of sp³-hybridized carbons (Fsp3) is 0.588. The predicted octanol–water partition coefficient (Wildman–Crippen LogP) is 1.19. The molecule has 1 fully saturated rings. The average Bonchev–Trinajstić information content (AvgIpc) is 2.56. The van der Waals surface area contributed by atoms with E-state index < -0.39 is 0 Å². The zero-order valence-corrected chi connectivity index (χ0v) is 13.9. The second-order valence-electron chi connectivity index (χ2n) is 6.18. The number of amides is 2. The molecule has 2 rings (SSSR count). The molecule has 1 saturated heterocycles. The van der Waals surface area contributed by atoms with Crippen molar-refractivity contribution < 1.29 is 9.59 Å². The van der Waals surface area contributed by atoms with Gasteiger partial charge in [-0.25, -0.2) is 0 Å². The maximum Gasteiger partial charge on any atom is 0.231 e. The number of likely N-dealkylation sites (tertiary alicyclic amines) is 1. The number of hydrogen-bond donors (Lipinski definition) is 1. The Labute approximate surface area is 137 Å². The molecule has 2 N–H and O–H groups in total. The van der Waals surface area contributed by atoms with Gasteiger partial charge < -0.3 is 10.6 Å². The molecule has 126 valence electrons. The topological polar surface area (TPSA) is 79.5 Å². The van der Waals surface area contributed by atoms with Crippen LogP contribution in [0.1, 0.15) is 37.8 Å². The Morgan fingerprint density at radius 3 is 2.65 bits per heavy atom.